The van der Waals surface area contributed by atoms with Crippen molar-refractivity contribution in [1.82, 2.24) is 10.3 Å². The summed E-state index contributed by atoms with van der Waals surface area (Å²) in [6, 6.07) is 1.81. The lowest BCUT2D eigenvalue weighted by atomic mass is 10.2. The fourth-order valence-corrected chi connectivity index (χ4v) is 2.76. The maximum absolute atomic E-state index is 12.1. The Morgan fingerprint density at radius 3 is 2.86 bits per heavy atom. The molecule has 0 radical (unpaired) electrons. The monoisotopic (exact) mass is 329 g/mol. The fraction of sp³-hybridized carbons (Fsp3) is 0.600. The van der Waals surface area contributed by atoms with Gasteiger partial charge in [-0.2, -0.15) is 11.8 Å². The van der Waals surface area contributed by atoms with E-state index in [9.17, 15) is 4.79 Å². The highest BCUT2D eigenvalue weighted by atomic mass is 35.5. The van der Waals surface area contributed by atoms with E-state index in [2.05, 4.69) is 29.5 Å². The largest absolute Gasteiger partial charge is 0.369 e. The Bertz CT molecular complexity index is 457. The first kappa shape index (κ1) is 18.1. The van der Waals surface area contributed by atoms with Crippen molar-refractivity contribution in [2.45, 2.75) is 39.7 Å². The number of carbonyl (C=O) groups excluding carboxylic acids is 1. The van der Waals surface area contributed by atoms with Crippen molar-refractivity contribution < 1.29 is 4.79 Å². The Balaban J connectivity index is 2.56. The number of rotatable bonds is 9. The highest BCUT2D eigenvalue weighted by molar-refractivity contribution is 7.99. The Hall–Kier alpha value is -0.940. The molecule has 2 N–H and O–H groups in total. The summed E-state index contributed by atoms with van der Waals surface area (Å²) < 4.78 is 0. The van der Waals surface area contributed by atoms with Crippen LogP contribution in [0.5, 0.6) is 0 Å². The van der Waals surface area contributed by atoms with Crippen LogP contribution in [0.25, 0.3) is 0 Å². The number of hydrogen-bond acceptors (Lipinski definition) is 4. The van der Waals surface area contributed by atoms with E-state index in [1.165, 1.54) is 0 Å². The van der Waals surface area contributed by atoms with Gasteiger partial charge in [-0.05, 0) is 37.3 Å². The summed E-state index contributed by atoms with van der Waals surface area (Å²) in [6.45, 7) is 7.03. The van der Waals surface area contributed by atoms with Gasteiger partial charge in [-0.25, -0.2) is 4.98 Å². The summed E-state index contributed by atoms with van der Waals surface area (Å²) in [5, 5.41) is 6.58. The number of aromatic nitrogens is 1. The molecule has 0 spiro atoms. The molecule has 1 unspecified atom stereocenters. The molecule has 0 aliphatic rings. The van der Waals surface area contributed by atoms with E-state index in [1.807, 2.05) is 18.7 Å². The van der Waals surface area contributed by atoms with Crippen LogP contribution in [-0.4, -0.2) is 35.0 Å². The number of nitrogens with zero attached hydrogens (tertiary/aromatic N) is 1. The number of thioether (sulfide) groups is 1. The molecule has 0 bridgehead atoms. The van der Waals surface area contributed by atoms with Gasteiger partial charge in [0.05, 0.1) is 10.6 Å². The molecule has 1 rings (SSSR count). The van der Waals surface area contributed by atoms with Crippen molar-refractivity contribution in [1.29, 1.82) is 0 Å². The highest BCUT2D eigenvalue weighted by Gasteiger charge is 2.12. The molecule has 1 amide bonds. The van der Waals surface area contributed by atoms with Crippen LogP contribution in [-0.2, 0) is 0 Å². The number of halogens is 1. The molecule has 0 saturated heterocycles. The van der Waals surface area contributed by atoms with Gasteiger partial charge in [0.15, 0.2) is 0 Å². The molecular weight excluding hydrogens is 306 g/mol. The minimum Gasteiger partial charge on any atom is -0.369 e. The van der Waals surface area contributed by atoms with Gasteiger partial charge in [0.2, 0.25) is 0 Å². The van der Waals surface area contributed by atoms with Crippen LogP contribution >= 0.6 is 23.4 Å². The average Bonchev–Trinajstić information content (AvgIpc) is 2.46. The van der Waals surface area contributed by atoms with Crippen molar-refractivity contribution in [2.24, 2.45) is 0 Å². The number of hydrogen-bond donors (Lipinski definition) is 2. The first-order chi connectivity index (χ1) is 10.1. The average molecular weight is 330 g/mol. The molecule has 0 aliphatic carbocycles. The van der Waals surface area contributed by atoms with Crippen LogP contribution in [0.4, 0.5) is 5.82 Å². The van der Waals surface area contributed by atoms with Gasteiger partial charge in [0.1, 0.15) is 5.82 Å². The zero-order valence-corrected chi connectivity index (χ0v) is 14.5. The Morgan fingerprint density at radius 1 is 1.48 bits per heavy atom. The first-order valence-electron chi connectivity index (χ1n) is 7.36. The molecule has 1 aromatic rings. The van der Waals surface area contributed by atoms with Crippen molar-refractivity contribution in [2.75, 3.05) is 23.4 Å². The SMILES string of the molecule is CCCNc1ncc(C(=O)NC(C)CCSCC)cc1Cl. The van der Waals surface area contributed by atoms with Gasteiger partial charge in [0.25, 0.3) is 5.91 Å². The second-order valence-corrected chi connectivity index (χ2v) is 6.64. The normalized spacial score (nSPS) is 12.0. The van der Waals surface area contributed by atoms with Crippen LogP contribution < -0.4 is 10.6 Å². The van der Waals surface area contributed by atoms with E-state index in [1.54, 1.807) is 12.3 Å². The van der Waals surface area contributed by atoms with E-state index in [4.69, 9.17) is 11.6 Å². The van der Waals surface area contributed by atoms with Crippen LogP contribution in [0.3, 0.4) is 0 Å². The van der Waals surface area contributed by atoms with E-state index in [0.29, 0.717) is 16.4 Å². The van der Waals surface area contributed by atoms with Gasteiger partial charge in [-0.3, -0.25) is 4.79 Å². The van der Waals surface area contributed by atoms with E-state index in [-0.39, 0.29) is 11.9 Å². The zero-order chi connectivity index (χ0) is 15.7. The molecular formula is C15H24ClN3OS. The third-order valence-electron chi connectivity index (χ3n) is 2.92. The first-order valence-corrected chi connectivity index (χ1v) is 8.89. The molecule has 0 fully saturated rings. The van der Waals surface area contributed by atoms with Gasteiger partial charge >= 0.3 is 0 Å². The molecule has 1 atom stereocenters. The lowest BCUT2D eigenvalue weighted by Crippen LogP contribution is -2.33. The van der Waals surface area contributed by atoms with E-state index < -0.39 is 0 Å². The predicted octanol–water partition coefficient (Wildman–Crippen LogP) is 3.82. The van der Waals surface area contributed by atoms with Crippen molar-refractivity contribution in [3.8, 4) is 0 Å². The molecule has 1 heterocycles. The standard InChI is InChI=1S/C15H24ClN3OS/c1-4-7-17-14-13(16)9-12(10-18-14)15(20)19-11(3)6-8-21-5-2/h9-11H,4-8H2,1-3H3,(H,17,18)(H,19,20). The molecule has 0 aliphatic heterocycles. The fourth-order valence-electron chi connectivity index (χ4n) is 1.72. The lowest BCUT2D eigenvalue weighted by molar-refractivity contribution is 0.0939. The van der Waals surface area contributed by atoms with Crippen LogP contribution in [0.2, 0.25) is 5.02 Å². The summed E-state index contributed by atoms with van der Waals surface area (Å²) in [5.74, 6) is 2.66. The second kappa shape index (κ2) is 9.90. The lowest BCUT2D eigenvalue weighted by Gasteiger charge is -2.14. The molecule has 118 valence electrons. The minimum absolute atomic E-state index is 0.125. The van der Waals surface area contributed by atoms with Crippen molar-refractivity contribution in [3.05, 3.63) is 22.8 Å². The third-order valence-corrected chi connectivity index (χ3v) is 4.14. The Labute approximate surface area is 136 Å². The van der Waals surface area contributed by atoms with Gasteiger partial charge < -0.3 is 10.6 Å². The topological polar surface area (TPSA) is 54.0 Å². The molecule has 0 saturated carbocycles. The quantitative estimate of drug-likeness (QED) is 0.676. The molecule has 4 nitrogen and oxygen atoms in total. The number of pyridine rings is 1. The van der Waals surface area contributed by atoms with Crippen LogP contribution in [0.1, 0.15) is 44.0 Å². The maximum Gasteiger partial charge on any atom is 0.253 e. The maximum atomic E-state index is 12.1. The summed E-state index contributed by atoms with van der Waals surface area (Å²) in [5.41, 5.74) is 0.497. The van der Waals surface area contributed by atoms with Gasteiger partial charge in [-0.1, -0.05) is 25.4 Å². The Kier molecular flexibility index (Phi) is 8.54. The molecule has 0 aromatic carbocycles. The van der Waals surface area contributed by atoms with Crippen molar-refractivity contribution in [3.63, 3.8) is 0 Å². The van der Waals surface area contributed by atoms with Gasteiger partial charge in [-0.15, -0.1) is 0 Å². The van der Waals surface area contributed by atoms with Crippen molar-refractivity contribution >= 4 is 35.1 Å². The summed E-state index contributed by atoms with van der Waals surface area (Å²) in [7, 11) is 0. The smallest absolute Gasteiger partial charge is 0.253 e. The van der Waals surface area contributed by atoms with Crippen LogP contribution in [0.15, 0.2) is 12.3 Å². The Morgan fingerprint density at radius 2 is 2.24 bits per heavy atom. The highest BCUT2D eigenvalue weighted by Crippen LogP contribution is 2.20. The number of nitrogens with one attached hydrogen (secondary N) is 2. The summed E-state index contributed by atoms with van der Waals surface area (Å²) in [4.78, 5) is 16.3. The third kappa shape index (κ3) is 6.57. The predicted molar refractivity (Wildman–Crippen MR) is 92.6 cm³/mol. The number of anilines is 1. The second-order valence-electron chi connectivity index (χ2n) is 4.84. The zero-order valence-electron chi connectivity index (χ0n) is 12.9. The van der Waals surface area contributed by atoms with Gasteiger partial charge in [0, 0.05) is 18.8 Å². The number of carbonyl (C=O) groups is 1. The number of amides is 1. The minimum atomic E-state index is -0.125. The van der Waals surface area contributed by atoms with E-state index >= 15 is 0 Å². The van der Waals surface area contributed by atoms with E-state index in [0.717, 1.165) is 30.9 Å². The molecule has 21 heavy (non-hydrogen) atoms. The molecule has 1 aromatic heterocycles. The molecule has 6 heteroatoms. The summed E-state index contributed by atoms with van der Waals surface area (Å²) in [6.07, 6.45) is 3.52. The van der Waals surface area contributed by atoms with Crippen LogP contribution in [0, 0.1) is 0 Å². The summed E-state index contributed by atoms with van der Waals surface area (Å²) >= 11 is 8.02.